The summed E-state index contributed by atoms with van der Waals surface area (Å²) in [4.78, 5) is 0.833. The lowest BCUT2D eigenvalue weighted by atomic mass is 10.2. The van der Waals surface area contributed by atoms with Gasteiger partial charge < -0.3 is 14.8 Å². The highest BCUT2D eigenvalue weighted by atomic mass is 32.2. The summed E-state index contributed by atoms with van der Waals surface area (Å²) in [6.45, 7) is 1.90. The Morgan fingerprint density at radius 2 is 1.76 bits per heavy atom. The average molecular weight is 303 g/mol. The summed E-state index contributed by atoms with van der Waals surface area (Å²) in [5.41, 5.74) is 2.13. The van der Waals surface area contributed by atoms with Crippen molar-refractivity contribution in [1.82, 2.24) is 0 Å². The van der Waals surface area contributed by atoms with Crippen LogP contribution in [-0.2, 0) is 17.3 Å². The second kappa shape index (κ2) is 6.18. The van der Waals surface area contributed by atoms with E-state index in [1.807, 2.05) is 42.5 Å². The predicted molar refractivity (Wildman–Crippen MR) is 83.5 cm³/mol. The Bertz CT molecular complexity index is 655. The third-order valence-electron chi connectivity index (χ3n) is 3.29. The van der Waals surface area contributed by atoms with Crippen LogP contribution in [0.2, 0.25) is 0 Å². The van der Waals surface area contributed by atoms with Crippen molar-refractivity contribution in [3.63, 3.8) is 0 Å². The Kier molecular flexibility index (Phi) is 4.10. The molecular weight excluding hydrogens is 286 g/mol. The molecule has 4 nitrogen and oxygen atoms in total. The molecule has 5 heteroatoms. The predicted octanol–water partition coefficient (Wildman–Crippen LogP) is 2.81. The van der Waals surface area contributed by atoms with Gasteiger partial charge in [-0.1, -0.05) is 6.07 Å². The Hall–Kier alpha value is -2.01. The summed E-state index contributed by atoms with van der Waals surface area (Å²) in [6.07, 6.45) is 1.68. The summed E-state index contributed by atoms with van der Waals surface area (Å²) in [5, 5.41) is 3.34. The van der Waals surface area contributed by atoms with E-state index in [1.54, 1.807) is 6.26 Å². The number of ether oxygens (including phenoxy) is 2. The maximum Gasteiger partial charge on any atom is 0.161 e. The zero-order valence-electron chi connectivity index (χ0n) is 11.8. The highest BCUT2D eigenvalue weighted by Crippen LogP contribution is 2.30. The monoisotopic (exact) mass is 303 g/mol. The van der Waals surface area contributed by atoms with E-state index < -0.39 is 10.8 Å². The van der Waals surface area contributed by atoms with E-state index in [-0.39, 0.29) is 0 Å². The summed E-state index contributed by atoms with van der Waals surface area (Å²) >= 11 is 0. The number of hydrogen-bond acceptors (Lipinski definition) is 4. The fraction of sp³-hybridized carbons (Fsp3) is 0.250. The molecule has 0 radical (unpaired) electrons. The maximum atomic E-state index is 11.3. The molecule has 0 saturated carbocycles. The van der Waals surface area contributed by atoms with Crippen molar-refractivity contribution < 1.29 is 13.7 Å². The molecule has 0 aromatic heterocycles. The van der Waals surface area contributed by atoms with Crippen LogP contribution in [-0.4, -0.2) is 23.7 Å². The maximum absolute atomic E-state index is 11.3. The summed E-state index contributed by atoms with van der Waals surface area (Å²) < 4.78 is 22.4. The van der Waals surface area contributed by atoms with Crippen LogP contribution in [0.5, 0.6) is 11.5 Å². The van der Waals surface area contributed by atoms with Crippen LogP contribution >= 0.6 is 0 Å². The molecular formula is C16H17NO3S. The zero-order valence-corrected chi connectivity index (χ0v) is 12.6. The quantitative estimate of drug-likeness (QED) is 0.943. The molecule has 1 aliphatic heterocycles. The van der Waals surface area contributed by atoms with Gasteiger partial charge >= 0.3 is 0 Å². The van der Waals surface area contributed by atoms with E-state index in [9.17, 15) is 4.21 Å². The fourth-order valence-corrected chi connectivity index (χ4v) is 2.69. The van der Waals surface area contributed by atoms with Gasteiger partial charge in [-0.25, -0.2) is 0 Å². The molecule has 0 saturated heterocycles. The first kappa shape index (κ1) is 13.9. The van der Waals surface area contributed by atoms with E-state index in [0.717, 1.165) is 27.6 Å². The molecule has 0 fully saturated rings. The van der Waals surface area contributed by atoms with Crippen LogP contribution in [0, 0.1) is 0 Å². The van der Waals surface area contributed by atoms with Gasteiger partial charge in [0.1, 0.15) is 13.2 Å². The number of hydrogen-bond donors (Lipinski definition) is 1. The van der Waals surface area contributed by atoms with Crippen molar-refractivity contribution >= 4 is 16.5 Å². The molecule has 2 aromatic carbocycles. The SMILES string of the molecule is C[S@](=O)c1ccc(NCc2ccc3c(c2)OCCO3)cc1. The van der Waals surface area contributed by atoms with E-state index in [1.165, 1.54) is 0 Å². The zero-order chi connectivity index (χ0) is 14.7. The van der Waals surface area contributed by atoms with E-state index in [4.69, 9.17) is 9.47 Å². The number of fused-ring (bicyclic) bond motifs is 1. The van der Waals surface area contributed by atoms with Crippen LogP contribution < -0.4 is 14.8 Å². The molecule has 0 unspecified atom stereocenters. The number of anilines is 1. The second-order valence-corrected chi connectivity index (χ2v) is 6.19. The lowest BCUT2D eigenvalue weighted by Gasteiger charge is -2.19. The van der Waals surface area contributed by atoms with Gasteiger partial charge in [0.2, 0.25) is 0 Å². The van der Waals surface area contributed by atoms with Crippen LogP contribution in [0.3, 0.4) is 0 Å². The molecule has 1 N–H and O–H groups in total. The molecule has 0 spiro atoms. The van der Waals surface area contributed by atoms with E-state index in [0.29, 0.717) is 19.8 Å². The van der Waals surface area contributed by atoms with Gasteiger partial charge in [0.15, 0.2) is 11.5 Å². The van der Waals surface area contributed by atoms with Crippen LogP contribution in [0.4, 0.5) is 5.69 Å². The van der Waals surface area contributed by atoms with E-state index >= 15 is 0 Å². The molecule has 21 heavy (non-hydrogen) atoms. The first-order valence-corrected chi connectivity index (χ1v) is 8.34. The lowest BCUT2D eigenvalue weighted by molar-refractivity contribution is 0.171. The topological polar surface area (TPSA) is 47.6 Å². The van der Waals surface area contributed by atoms with Crippen molar-refractivity contribution in [2.24, 2.45) is 0 Å². The number of nitrogens with one attached hydrogen (secondary N) is 1. The first-order chi connectivity index (χ1) is 10.2. The average Bonchev–Trinajstić information content (AvgIpc) is 2.53. The molecule has 0 aliphatic carbocycles. The van der Waals surface area contributed by atoms with Gasteiger partial charge in [0.25, 0.3) is 0 Å². The van der Waals surface area contributed by atoms with Crippen molar-refractivity contribution in [3.8, 4) is 11.5 Å². The minimum atomic E-state index is -0.937. The van der Waals surface area contributed by atoms with E-state index in [2.05, 4.69) is 5.32 Å². The smallest absolute Gasteiger partial charge is 0.161 e. The third-order valence-corrected chi connectivity index (χ3v) is 4.23. The highest BCUT2D eigenvalue weighted by molar-refractivity contribution is 7.84. The lowest BCUT2D eigenvalue weighted by Crippen LogP contribution is -2.15. The van der Waals surface area contributed by atoms with Crippen LogP contribution in [0.25, 0.3) is 0 Å². The fourth-order valence-electron chi connectivity index (χ4n) is 2.17. The summed E-state index contributed by atoms with van der Waals surface area (Å²) in [6, 6.07) is 13.6. The standard InChI is InChI=1S/C16H17NO3S/c1-21(18)14-5-3-13(4-6-14)17-11-12-2-7-15-16(10-12)20-9-8-19-15/h2-7,10,17H,8-9,11H2,1H3/t21-/m0/s1. The van der Waals surface area contributed by atoms with Crippen LogP contribution in [0.15, 0.2) is 47.4 Å². The number of rotatable bonds is 4. The summed E-state index contributed by atoms with van der Waals surface area (Å²) in [5.74, 6) is 1.61. The van der Waals surface area contributed by atoms with Gasteiger partial charge in [-0.2, -0.15) is 0 Å². The van der Waals surface area contributed by atoms with Crippen molar-refractivity contribution in [3.05, 3.63) is 48.0 Å². The molecule has 1 heterocycles. The molecule has 2 aromatic rings. The summed E-state index contributed by atoms with van der Waals surface area (Å²) in [7, 11) is -0.937. The second-order valence-electron chi connectivity index (χ2n) is 4.81. The minimum absolute atomic E-state index is 0.597. The minimum Gasteiger partial charge on any atom is -0.486 e. The number of benzene rings is 2. The Balaban J connectivity index is 1.65. The van der Waals surface area contributed by atoms with Crippen LogP contribution in [0.1, 0.15) is 5.56 Å². The molecule has 0 bridgehead atoms. The highest BCUT2D eigenvalue weighted by Gasteiger charge is 2.11. The van der Waals surface area contributed by atoms with Crippen molar-refractivity contribution in [1.29, 1.82) is 0 Å². The molecule has 1 atom stereocenters. The molecule has 1 aliphatic rings. The van der Waals surface area contributed by atoms with Gasteiger partial charge in [-0.15, -0.1) is 0 Å². The largest absolute Gasteiger partial charge is 0.486 e. The normalized spacial score (nSPS) is 14.5. The van der Waals surface area contributed by atoms with Crippen molar-refractivity contribution in [2.75, 3.05) is 24.8 Å². The molecule has 110 valence electrons. The first-order valence-electron chi connectivity index (χ1n) is 6.78. The Morgan fingerprint density at radius 1 is 1.05 bits per heavy atom. The molecule has 3 rings (SSSR count). The van der Waals surface area contributed by atoms with Crippen molar-refractivity contribution in [2.45, 2.75) is 11.4 Å². The van der Waals surface area contributed by atoms with Gasteiger partial charge in [-0.05, 0) is 42.0 Å². The van der Waals surface area contributed by atoms with Gasteiger partial charge in [0.05, 0.1) is 0 Å². The Morgan fingerprint density at radius 3 is 2.48 bits per heavy atom. The Labute approximate surface area is 126 Å². The third kappa shape index (κ3) is 3.36. The molecule has 0 amide bonds. The van der Waals surface area contributed by atoms with Gasteiger partial charge in [0, 0.05) is 34.2 Å². The van der Waals surface area contributed by atoms with Gasteiger partial charge in [-0.3, -0.25) is 4.21 Å².